The van der Waals surface area contributed by atoms with Crippen LogP contribution in [0.2, 0.25) is 0 Å². The molecule has 0 spiro atoms. The minimum Gasteiger partial charge on any atom is -0.364 e. The van der Waals surface area contributed by atoms with Gasteiger partial charge in [0.05, 0.1) is 0 Å². The summed E-state index contributed by atoms with van der Waals surface area (Å²) in [6, 6.07) is 14.9. The SMILES string of the molecule is CO[C@@](C)(C(=O)Nc1nnc(-c2ccccn2)s1)c1ccccc1. The van der Waals surface area contributed by atoms with E-state index in [-0.39, 0.29) is 5.91 Å². The molecular weight excluding hydrogens is 324 g/mol. The molecule has 0 aliphatic heterocycles. The molecule has 0 aliphatic carbocycles. The van der Waals surface area contributed by atoms with Crippen LogP contribution in [0.3, 0.4) is 0 Å². The van der Waals surface area contributed by atoms with Crippen molar-refractivity contribution in [2.45, 2.75) is 12.5 Å². The van der Waals surface area contributed by atoms with E-state index in [0.717, 1.165) is 5.56 Å². The van der Waals surface area contributed by atoms with E-state index >= 15 is 0 Å². The maximum absolute atomic E-state index is 12.7. The van der Waals surface area contributed by atoms with Gasteiger partial charge in [0.15, 0.2) is 10.6 Å². The summed E-state index contributed by atoms with van der Waals surface area (Å²) in [7, 11) is 1.51. The Morgan fingerprint density at radius 2 is 1.88 bits per heavy atom. The molecule has 3 rings (SSSR count). The van der Waals surface area contributed by atoms with Gasteiger partial charge in [-0.05, 0) is 24.6 Å². The molecule has 0 bridgehead atoms. The highest BCUT2D eigenvalue weighted by atomic mass is 32.1. The van der Waals surface area contributed by atoms with Gasteiger partial charge in [0.25, 0.3) is 5.91 Å². The second-order valence-electron chi connectivity index (χ2n) is 5.18. The van der Waals surface area contributed by atoms with Gasteiger partial charge in [-0.3, -0.25) is 15.1 Å². The average Bonchev–Trinajstić information content (AvgIpc) is 3.11. The Morgan fingerprint density at radius 1 is 1.12 bits per heavy atom. The number of amides is 1. The standard InChI is InChI=1S/C17H16N4O2S/c1-17(23-2,12-8-4-3-5-9-12)15(22)19-16-21-20-14(24-16)13-10-6-7-11-18-13/h3-11H,1-2H3,(H,19,21,22)/t17-/m1/s1. The van der Waals surface area contributed by atoms with Crippen LogP contribution in [-0.4, -0.2) is 28.2 Å². The second-order valence-corrected chi connectivity index (χ2v) is 6.16. The van der Waals surface area contributed by atoms with E-state index in [2.05, 4.69) is 20.5 Å². The number of aromatic nitrogens is 3. The Balaban J connectivity index is 1.81. The molecule has 2 aromatic heterocycles. The molecule has 24 heavy (non-hydrogen) atoms. The van der Waals surface area contributed by atoms with Gasteiger partial charge < -0.3 is 4.74 Å². The number of anilines is 1. The lowest BCUT2D eigenvalue weighted by Gasteiger charge is -2.26. The van der Waals surface area contributed by atoms with Crippen LogP contribution in [0.15, 0.2) is 54.7 Å². The van der Waals surface area contributed by atoms with E-state index in [9.17, 15) is 4.79 Å². The highest BCUT2D eigenvalue weighted by Gasteiger charge is 2.35. The van der Waals surface area contributed by atoms with Crippen LogP contribution in [-0.2, 0) is 15.1 Å². The summed E-state index contributed by atoms with van der Waals surface area (Å²) in [6.07, 6.45) is 1.69. The highest BCUT2D eigenvalue weighted by Crippen LogP contribution is 2.29. The predicted molar refractivity (Wildman–Crippen MR) is 92.6 cm³/mol. The number of methoxy groups -OCH3 is 1. The number of nitrogens with one attached hydrogen (secondary N) is 1. The van der Waals surface area contributed by atoms with Crippen LogP contribution in [0, 0.1) is 0 Å². The molecule has 0 saturated carbocycles. The third-order valence-corrected chi connectivity index (χ3v) is 4.56. The number of rotatable bonds is 5. The first-order chi connectivity index (χ1) is 11.6. The van der Waals surface area contributed by atoms with Crippen molar-refractivity contribution in [3.63, 3.8) is 0 Å². The molecule has 0 unspecified atom stereocenters. The molecule has 0 saturated heterocycles. The Bertz CT molecular complexity index is 823. The fourth-order valence-corrected chi connectivity index (χ4v) is 2.90. The van der Waals surface area contributed by atoms with E-state index in [1.54, 1.807) is 13.1 Å². The van der Waals surface area contributed by atoms with E-state index < -0.39 is 5.60 Å². The smallest absolute Gasteiger partial charge is 0.262 e. The minimum absolute atomic E-state index is 0.306. The Morgan fingerprint density at radius 3 is 2.54 bits per heavy atom. The van der Waals surface area contributed by atoms with Crippen LogP contribution in [0.5, 0.6) is 0 Å². The van der Waals surface area contributed by atoms with Crippen molar-refractivity contribution in [1.29, 1.82) is 0 Å². The molecule has 122 valence electrons. The van der Waals surface area contributed by atoms with E-state index in [0.29, 0.717) is 15.8 Å². The fourth-order valence-electron chi connectivity index (χ4n) is 2.18. The van der Waals surface area contributed by atoms with Gasteiger partial charge in [-0.15, -0.1) is 10.2 Å². The Labute approximate surface area is 143 Å². The molecule has 1 N–H and O–H groups in total. The first kappa shape index (κ1) is 16.2. The monoisotopic (exact) mass is 340 g/mol. The van der Waals surface area contributed by atoms with E-state index in [4.69, 9.17) is 4.74 Å². The maximum Gasteiger partial charge on any atom is 0.262 e. The highest BCUT2D eigenvalue weighted by molar-refractivity contribution is 7.18. The lowest BCUT2D eigenvalue weighted by atomic mass is 9.95. The number of pyridine rings is 1. The van der Waals surface area contributed by atoms with Crippen LogP contribution >= 0.6 is 11.3 Å². The normalized spacial score (nSPS) is 13.2. The Hall–Kier alpha value is -2.64. The number of carbonyl (C=O) groups is 1. The van der Waals surface area contributed by atoms with E-state index in [1.807, 2.05) is 48.5 Å². The second kappa shape index (κ2) is 6.86. The zero-order valence-corrected chi connectivity index (χ0v) is 14.1. The molecule has 7 heteroatoms. The van der Waals surface area contributed by atoms with Gasteiger partial charge in [0.1, 0.15) is 5.69 Å². The van der Waals surface area contributed by atoms with Crippen molar-refractivity contribution < 1.29 is 9.53 Å². The van der Waals surface area contributed by atoms with Crippen molar-refractivity contribution >= 4 is 22.4 Å². The zero-order valence-electron chi connectivity index (χ0n) is 13.3. The summed E-state index contributed by atoms with van der Waals surface area (Å²) in [5.41, 5.74) is 0.366. The molecule has 1 atom stereocenters. The van der Waals surface area contributed by atoms with Gasteiger partial charge in [-0.1, -0.05) is 47.7 Å². The van der Waals surface area contributed by atoms with Crippen molar-refractivity contribution in [2.75, 3.05) is 12.4 Å². The number of nitrogens with zero attached hydrogens (tertiary/aromatic N) is 3. The molecule has 0 fully saturated rings. The Kier molecular flexibility index (Phi) is 4.64. The topological polar surface area (TPSA) is 77.0 Å². The molecule has 1 amide bonds. The number of ether oxygens (including phenoxy) is 1. The summed E-state index contributed by atoms with van der Waals surface area (Å²) >= 11 is 1.26. The fraction of sp³-hybridized carbons (Fsp3) is 0.176. The molecule has 3 aromatic rings. The molecular formula is C17H16N4O2S. The third-order valence-electron chi connectivity index (χ3n) is 3.70. The first-order valence-electron chi connectivity index (χ1n) is 7.30. The summed E-state index contributed by atoms with van der Waals surface area (Å²) in [4.78, 5) is 16.9. The largest absolute Gasteiger partial charge is 0.364 e. The van der Waals surface area contributed by atoms with E-state index in [1.165, 1.54) is 18.4 Å². The average molecular weight is 340 g/mol. The van der Waals surface area contributed by atoms with Gasteiger partial charge in [0, 0.05) is 13.3 Å². The molecule has 2 heterocycles. The lowest BCUT2D eigenvalue weighted by Crippen LogP contribution is -2.39. The predicted octanol–water partition coefficient (Wildman–Crippen LogP) is 3.10. The van der Waals surface area contributed by atoms with Crippen molar-refractivity contribution in [3.8, 4) is 10.7 Å². The number of carbonyl (C=O) groups excluding carboxylic acids is 1. The van der Waals surface area contributed by atoms with Gasteiger partial charge in [-0.2, -0.15) is 0 Å². The van der Waals surface area contributed by atoms with Crippen molar-refractivity contribution in [1.82, 2.24) is 15.2 Å². The number of benzene rings is 1. The maximum atomic E-state index is 12.7. The van der Waals surface area contributed by atoms with Crippen LogP contribution < -0.4 is 5.32 Å². The van der Waals surface area contributed by atoms with Gasteiger partial charge in [-0.25, -0.2) is 0 Å². The summed E-state index contributed by atoms with van der Waals surface area (Å²) in [6.45, 7) is 1.72. The molecule has 0 radical (unpaired) electrons. The number of hydrogen-bond acceptors (Lipinski definition) is 6. The number of hydrogen-bond donors (Lipinski definition) is 1. The summed E-state index contributed by atoms with van der Waals surface area (Å²) in [5, 5.41) is 11.9. The summed E-state index contributed by atoms with van der Waals surface area (Å²) < 4.78 is 5.48. The van der Waals surface area contributed by atoms with Gasteiger partial charge in [0.2, 0.25) is 5.13 Å². The van der Waals surface area contributed by atoms with Crippen molar-refractivity contribution in [3.05, 3.63) is 60.3 Å². The quantitative estimate of drug-likeness (QED) is 0.772. The third kappa shape index (κ3) is 3.17. The molecule has 6 nitrogen and oxygen atoms in total. The zero-order chi connectivity index (χ0) is 17.0. The molecule has 1 aromatic carbocycles. The van der Waals surface area contributed by atoms with Crippen LogP contribution in [0.25, 0.3) is 10.7 Å². The first-order valence-corrected chi connectivity index (χ1v) is 8.12. The molecule has 0 aliphatic rings. The van der Waals surface area contributed by atoms with Crippen LogP contribution in [0.4, 0.5) is 5.13 Å². The summed E-state index contributed by atoms with van der Waals surface area (Å²) in [5.74, 6) is -0.306. The lowest BCUT2D eigenvalue weighted by molar-refractivity contribution is -0.136. The van der Waals surface area contributed by atoms with Gasteiger partial charge >= 0.3 is 0 Å². The minimum atomic E-state index is -1.11. The van der Waals surface area contributed by atoms with Crippen molar-refractivity contribution in [2.24, 2.45) is 0 Å². The van der Waals surface area contributed by atoms with Crippen LogP contribution in [0.1, 0.15) is 12.5 Å².